The van der Waals surface area contributed by atoms with Crippen LogP contribution >= 0.6 is 29.6 Å². The maximum atomic E-state index is 9.75. The average molecular weight is 617 g/mol. The van der Waals surface area contributed by atoms with Crippen molar-refractivity contribution in [2.24, 2.45) is 0 Å². The summed E-state index contributed by atoms with van der Waals surface area (Å²) in [4.78, 5) is 0. The van der Waals surface area contributed by atoms with Crippen molar-refractivity contribution >= 4 is 36.8 Å². The third kappa shape index (κ3) is 9.26. The van der Waals surface area contributed by atoms with Crippen molar-refractivity contribution in [3.8, 4) is 0 Å². The fraction of sp³-hybridized carbons (Fsp3) is 0.500. The molecule has 0 unspecified atom stereocenters. The van der Waals surface area contributed by atoms with Crippen LogP contribution in [0.5, 0.6) is 0 Å². The van der Waals surface area contributed by atoms with Crippen LogP contribution in [0.4, 0.5) is 17.3 Å². The Morgan fingerprint density at radius 3 is 1.04 bits per heavy atom. The minimum atomic E-state index is -6.00. The summed E-state index contributed by atoms with van der Waals surface area (Å²) in [6.45, 7) is 19.8. The van der Waals surface area contributed by atoms with Gasteiger partial charge in [-0.05, 0) is 0 Å². The molecule has 0 radical (unpaired) electrons. The van der Waals surface area contributed by atoms with Crippen LogP contribution in [0.25, 0.3) is 0 Å². The zero-order valence-electron chi connectivity index (χ0n) is 17.9. The Hall–Kier alpha value is 0.0683. The normalized spacial score (nSPS) is 10.2. The summed E-state index contributed by atoms with van der Waals surface area (Å²) in [5.74, 6) is 0. The van der Waals surface area contributed by atoms with Crippen molar-refractivity contribution in [2.45, 2.75) is 67.6 Å². The summed E-state index contributed by atoms with van der Waals surface area (Å²) < 4.78 is 39.0. The van der Waals surface area contributed by atoms with Gasteiger partial charge in [0.25, 0.3) is 0 Å². The Kier molecular flexibility index (Phi) is 14.5. The van der Waals surface area contributed by atoms with Crippen molar-refractivity contribution in [3.63, 3.8) is 0 Å². The van der Waals surface area contributed by atoms with Crippen LogP contribution in [0.3, 0.4) is 0 Å². The first-order valence-electron chi connectivity index (χ1n) is 8.63. The molecule has 0 heterocycles. The Bertz CT molecular complexity index is 635. The summed E-state index contributed by atoms with van der Waals surface area (Å²) in [5, 5.41) is 0.985. The molecule has 0 amide bonds. The summed E-state index contributed by atoms with van der Waals surface area (Å²) in [6.07, 6.45) is 0. The quantitative estimate of drug-likeness (QED) is 0.130. The summed E-state index contributed by atoms with van der Waals surface area (Å²) in [6, 6.07) is 0. The van der Waals surface area contributed by atoms with Crippen LogP contribution in [0.15, 0.2) is 0 Å². The molecule has 0 N–H and O–H groups in total. The average Bonchev–Trinajstić information content (AvgIpc) is 2.91. The third-order valence-corrected chi connectivity index (χ3v) is 6.10. The summed E-state index contributed by atoms with van der Waals surface area (Å²) in [5.41, 5.74) is 14.6. The molecule has 8 heteroatoms. The zero-order chi connectivity index (χ0) is 23.0. The third-order valence-electron chi connectivity index (χ3n) is 5.54. The van der Waals surface area contributed by atoms with Gasteiger partial charge in [-0.2, -0.15) is 55.6 Å². The molecule has 0 nitrogen and oxygen atoms in total. The second-order valence-corrected chi connectivity index (χ2v) is 7.29. The van der Waals surface area contributed by atoms with E-state index in [1.54, 1.807) is 0 Å². The number of hydrogen-bond donors (Lipinski definition) is 0. The number of rotatable bonds is 1. The Morgan fingerprint density at radius 1 is 0.679 bits per heavy atom. The number of alkyl halides is 1. The van der Waals surface area contributed by atoms with Gasteiger partial charge in [-0.3, -0.25) is 0 Å². The standard InChI is InChI=1S/C10H14Br.C10H15.BF4.BrH.Ru/c1-6-7(2)9(4)10(5-11)8(6)3;1-6-7(2)9(4)10(5)8(6)3;2-1(3,4)5;;/h5H2,1-4H3;1-5H3;;1H;/q3*-1;;+4/p-1. The van der Waals surface area contributed by atoms with E-state index >= 15 is 0 Å². The van der Waals surface area contributed by atoms with Crippen LogP contribution < -0.4 is 0 Å². The molecular formula is C20H29BBr2F4Ru. The van der Waals surface area contributed by atoms with Crippen LogP contribution in [-0.2, 0) is 21.7 Å². The van der Waals surface area contributed by atoms with E-state index in [0.29, 0.717) is 0 Å². The first-order chi connectivity index (χ1) is 12.6. The van der Waals surface area contributed by atoms with Gasteiger partial charge < -0.3 is 17.3 Å². The van der Waals surface area contributed by atoms with Gasteiger partial charge in [-0.25, -0.2) is 0 Å². The van der Waals surface area contributed by atoms with Crippen LogP contribution in [0.1, 0.15) is 55.6 Å². The van der Waals surface area contributed by atoms with Gasteiger partial charge in [-0.1, -0.05) is 78.2 Å². The van der Waals surface area contributed by atoms with Crippen molar-refractivity contribution in [1.82, 2.24) is 0 Å². The Balaban J connectivity index is 0. The van der Waals surface area contributed by atoms with Crippen molar-refractivity contribution in [3.05, 3.63) is 55.6 Å². The first-order valence-corrected chi connectivity index (χ1v) is 13.7. The fourth-order valence-electron chi connectivity index (χ4n) is 2.90. The molecular weight excluding hydrogens is 588 g/mol. The molecule has 0 fully saturated rings. The van der Waals surface area contributed by atoms with Gasteiger partial charge in [-0.15, -0.1) is 0 Å². The predicted molar refractivity (Wildman–Crippen MR) is 118 cm³/mol. The van der Waals surface area contributed by atoms with Crippen LogP contribution in [0.2, 0.25) is 0 Å². The first kappa shape index (κ1) is 30.3. The van der Waals surface area contributed by atoms with Gasteiger partial charge in [0, 0.05) is 5.33 Å². The fourth-order valence-corrected chi connectivity index (χ4v) is 3.74. The van der Waals surface area contributed by atoms with Gasteiger partial charge in [0.2, 0.25) is 0 Å². The molecule has 0 bridgehead atoms. The molecule has 0 saturated heterocycles. The van der Waals surface area contributed by atoms with E-state index in [9.17, 15) is 17.3 Å². The van der Waals surface area contributed by atoms with Gasteiger partial charge in [0.05, 0.1) is 0 Å². The monoisotopic (exact) mass is 616 g/mol. The molecule has 0 saturated carbocycles. The molecule has 0 aliphatic rings. The van der Waals surface area contributed by atoms with Crippen molar-refractivity contribution in [1.29, 1.82) is 0 Å². The molecule has 2 aromatic rings. The molecule has 162 valence electrons. The molecule has 0 atom stereocenters. The van der Waals surface area contributed by atoms with E-state index in [2.05, 4.69) is 108 Å². The zero-order valence-corrected chi connectivity index (χ0v) is 22.8. The molecule has 28 heavy (non-hydrogen) atoms. The van der Waals surface area contributed by atoms with Gasteiger partial charge in [0.1, 0.15) is 0 Å². The van der Waals surface area contributed by atoms with Crippen LogP contribution in [-0.4, -0.2) is 7.25 Å². The maximum absolute atomic E-state index is 9.75. The second-order valence-electron chi connectivity index (χ2n) is 6.73. The Labute approximate surface area is 192 Å². The molecule has 0 spiro atoms. The van der Waals surface area contributed by atoms with E-state index in [4.69, 9.17) is 0 Å². The van der Waals surface area contributed by atoms with Gasteiger partial charge >= 0.3 is 37.2 Å². The van der Waals surface area contributed by atoms with E-state index in [-0.39, 0.29) is 0 Å². The van der Waals surface area contributed by atoms with Gasteiger partial charge in [0.15, 0.2) is 0 Å². The summed E-state index contributed by atoms with van der Waals surface area (Å²) >= 11 is 8.54. The van der Waals surface area contributed by atoms with Crippen molar-refractivity contribution < 1.29 is 33.6 Å². The molecule has 2 aromatic carbocycles. The molecule has 0 aliphatic carbocycles. The van der Waals surface area contributed by atoms with E-state index < -0.39 is 7.25 Å². The molecule has 2 rings (SSSR count). The van der Waals surface area contributed by atoms with Crippen LogP contribution in [0, 0.1) is 62.3 Å². The number of hydrogen-bond acceptors (Lipinski definition) is 0. The van der Waals surface area contributed by atoms with E-state index in [1.165, 1.54) is 55.6 Å². The SMILES string of the molecule is Cc1c(C)c(C)[c-](C)c1C.Cc1c(C)c(CBr)[c-](C)c1C.F[B-](F)(F)F.[Br][Ru+3]. The van der Waals surface area contributed by atoms with E-state index in [0.717, 1.165) is 5.33 Å². The Morgan fingerprint density at radius 2 is 0.929 bits per heavy atom. The topological polar surface area (TPSA) is 0 Å². The molecule has 0 aliphatic heterocycles. The number of halogens is 6. The summed E-state index contributed by atoms with van der Waals surface area (Å²) in [7, 11) is -6.00. The minimum absolute atomic E-state index is 0.985. The predicted octanol–water partition coefficient (Wildman–Crippen LogP) is 8.62. The van der Waals surface area contributed by atoms with Crippen molar-refractivity contribution in [2.75, 3.05) is 0 Å². The second kappa shape index (κ2) is 13.4. The van der Waals surface area contributed by atoms with E-state index in [1.807, 2.05) is 0 Å². The molecule has 0 aromatic heterocycles.